The molecule has 0 aliphatic carbocycles. The van der Waals surface area contributed by atoms with Crippen LogP contribution in [0.1, 0.15) is 46.3 Å². The maximum atomic E-state index is 12.5. The lowest BCUT2D eigenvalue weighted by Crippen LogP contribution is -2.27. The van der Waals surface area contributed by atoms with Crippen molar-refractivity contribution in [2.24, 2.45) is 0 Å². The van der Waals surface area contributed by atoms with Gasteiger partial charge in [-0.1, -0.05) is 67.9 Å². The number of hydrogen-bond donors (Lipinski definition) is 3. The number of amides is 2. The van der Waals surface area contributed by atoms with Crippen molar-refractivity contribution in [3.8, 4) is 0 Å². The number of carbonyl (C=O) groups excluding carboxylic acids is 2. The Morgan fingerprint density at radius 2 is 1.48 bits per heavy atom. The minimum atomic E-state index is -0.642. The number of anilines is 1. The third-order valence-electron chi connectivity index (χ3n) is 4.76. The van der Waals surface area contributed by atoms with Crippen molar-refractivity contribution in [2.45, 2.75) is 25.7 Å². The fourth-order valence-electron chi connectivity index (χ4n) is 3.28. The summed E-state index contributed by atoms with van der Waals surface area (Å²) < 4.78 is 0. The van der Waals surface area contributed by atoms with E-state index in [1.54, 1.807) is 29.7 Å². The molecule has 3 aromatic carbocycles. The zero-order valence-electron chi connectivity index (χ0n) is 16.3. The molecule has 3 aromatic rings. The highest BCUT2D eigenvalue weighted by molar-refractivity contribution is 6.04. The van der Waals surface area contributed by atoms with Crippen molar-refractivity contribution in [3.63, 3.8) is 0 Å². The van der Waals surface area contributed by atoms with Gasteiger partial charge in [0.15, 0.2) is 0 Å². The van der Waals surface area contributed by atoms with Crippen LogP contribution in [-0.2, 0) is 11.2 Å². The molecule has 5 nitrogen and oxygen atoms in total. The molecular weight excluding hydrogens is 364 g/mol. The number of benzene rings is 3. The van der Waals surface area contributed by atoms with Crippen LogP contribution in [-0.4, -0.2) is 17.0 Å². The largest absolute Gasteiger partial charge is 0.322 e. The molecule has 3 N–H and O–H groups in total. The predicted octanol–water partition coefficient (Wildman–Crippen LogP) is 4.53. The molecule has 0 bridgehead atoms. The molecule has 0 radical (unpaired) electrons. The zero-order chi connectivity index (χ0) is 20.6. The van der Waals surface area contributed by atoms with Crippen molar-refractivity contribution in [2.75, 3.05) is 5.32 Å². The van der Waals surface area contributed by atoms with Gasteiger partial charge in [0.1, 0.15) is 0 Å². The van der Waals surface area contributed by atoms with Gasteiger partial charge >= 0.3 is 0 Å². The van der Waals surface area contributed by atoms with Gasteiger partial charge in [-0.25, -0.2) is 5.48 Å². The number of carbonyl (C=O) groups is 2. The van der Waals surface area contributed by atoms with Crippen LogP contribution in [0.25, 0.3) is 0 Å². The normalized spacial score (nSPS) is 11.5. The lowest BCUT2D eigenvalue weighted by molar-refractivity contribution is -0.129. The highest BCUT2D eigenvalue weighted by Gasteiger charge is 2.22. The van der Waals surface area contributed by atoms with Gasteiger partial charge in [-0.05, 0) is 47.4 Å². The molecule has 0 heterocycles. The van der Waals surface area contributed by atoms with Crippen LogP contribution in [0, 0.1) is 0 Å². The number of hydrogen-bond acceptors (Lipinski definition) is 3. The van der Waals surface area contributed by atoms with Gasteiger partial charge in [-0.2, -0.15) is 0 Å². The van der Waals surface area contributed by atoms with Crippen LogP contribution in [0.4, 0.5) is 5.69 Å². The quantitative estimate of drug-likeness (QED) is 0.411. The Hall–Kier alpha value is -3.44. The van der Waals surface area contributed by atoms with Gasteiger partial charge in [-0.3, -0.25) is 14.8 Å². The minimum absolute atomic E-state index is 0.187. The van der Waals surface area contributed by atoms with E-state index in [9.17, 15) is 9.59 Å². The highest BCUT2D eigenvalue weighted by Crippen LogP contribution is 2.26. The van der Waals surface area contributed by atoms with E-state index < -0.39 is 11.8 Å². The van der Waals surface area contributed by atoms with Crippen LogP contribution in [0.2, 0.25) is 0 Å². The second kappa shape index (κ2) is 9.66. The first kappa shape index (κ1) is 20.3. The van der Waals surface area contributed by atoms with Gasteiger partial charge < -0.3 is 5.32 Å². The fourth-order valence-corrected chi connectivity index (χ4v) is 3.28. The molecule has 0 spiro atoms. The molecular formula is C24H24N2O3. The summed E-state index contributed by atoms with van der Waals surface area (Å²) in [7, 11) is 0. The van der Waals surface area contributed by atoms with Crippen molar-refractivity contribution >= 4 is 17.5 Å². The summed E-state index contributed by atoms with van der Waals surface area (Å²) in [5, 5.41) is 12.0. The Morgan fingerprint density at radius 3 is 2.07 bits per heavy atom. The van der Waals surface area contributed by atoms with Crippen LogP contribution in [0.5, 0.6) is 0 Å². The maximum Gasteiger partial charge on any atom is 0.255 e. The minimum Gasteiger partial charge on any atom is -0.322 e. The van der Waals surface area contributed by atoms with E-state index in [1.165, 1.54) is 5.56 Å². The highest BCUT2D eigenvalue weighted by atomic mass is 16.5. The summed E-state index contributed by atoms with van der Waals surface area (Å²) >= 11 is 0. The topological polar surface area (TPSA) is 78.4 Å². The Kier molecular flexibility index (Phi) is 6.76. The van der Waals surface area contributed by atoms with Crippen molar-refractivity contribution in [1.29, 1.82) is 0 Å². The van der Waals surface area contributed by atoms with Gasteiger partial charge in [0, 0.05) is 11.3 Å². The second-order valence-corrected chi connectivity index (χ2v) is 6.84. The summed E-state index contributed by atoms with van der Waals surface area (Å²) in [5.74, 6) is -1.34. The van der Waals surface area contributed by atoms with E-state index in [-0.39, 0.29) is 5.91 Å². The number of hydroxylamine groups is 1. The van der Waals surface area contributed by atoms with Crippen LogP contribution in [0.15, 0.2) is 78.9 Å². The van der Waals surface area contributed by atoms with E-state index in [4.69, 9.17) is 5.21 Å². The molecule has 0 saturated heterocycles. The van der Waals surface area contributed by atoms with E-state index in [2.05, 4.69) is 12.2 Å². The molecule has 148 valence electrons. The predicted molar refractivity (Wildman–Crippen MR) is 113 cm³/mol. The first-order valence-electron chi connectivity index (χ1n) is 9.61. The Balaban J connectivity index is 1.74. The second-order valence-electron chi connectivity index (χ2n) is 6.84. The summed E-state index contributed by atoms with van der Waals surface area (Å²) in [4.78, 5) is 24.7. The summed E-state index contributed by atoms with van der Waals surface area (Å²) in [5.41, 5.74) is 5.65. The number of aryl methyl sites for hydroxylation is 1. The molecule has 0 aromatic heterocycles. The molecule has 0 aliphatic rings. The van der Waals surface area contributed by atoms with Crippen LogP contribution < -0.4 is 10.8 Å². The van der Waals surface area contributed by atoms with Crippen LogP contribution >= 0.6 is 0 Å². The van der Waals surface area contributed by atoms with Gasteiger partial charge in [0.25, 0.3) is 11.8 Å². The molecule has 1 unspecified atom stereocenters. The Bertz CT molecular complexity index is 952. The lowest BCUT2D eigenvalue weighted by Gasteiger charge is -2.16. The Labute approximate surface area is 170 Å². The van der Waals surface area contributed by atoms with Gasteiger partial charge in [0.2, 0.25) is 0 Å². The number of rotatable bonds is 7. The standard InChI is InChI=1S/C24H24N2O3/c1-2-6-17-9-11-20(12-10-17)23(27)25-21-15-13-19(14-16-21)22(24(28)26-29)18-7-4-3-5-8-18/h3-5,7-16,22,29H,2,6H2,1H3,(H,25,27)(H,26,28). The van der Waals surface area contributed by atoms with E-state index >= 15 is 0 Å². The average Bonchev–Trinajstić information content (AvgIpc) is 2.76. The monoisotopic (exact) mass is 388 g/mol. The third kappa shape index (κ3) is 5.09. The first-order valence-corrected chi connectivity index (χ1v) is 9.61. The van der Waals surface area contributed by atoms with E-state index in [0.717, 1.165) is 18.4 Å². The maximum absolute atomic E-state index is 12.5. The fraction of sp³-hybridized carbons (Fsp3) is 0.167. The zero-order valence-corrected chi connectivity index (χ0v) is 16.3. The molecule has 0 saturated carbocycles. The van der Waals surface area contributed by atoms with Crippen molar-refractivity contribution in [3.05, 3.63) is 101 Å². The van der Waals surface area contributed by atoms with Gasteiger partial charge in [-0.15, -0.1) is 0 Å². The summed E-state index contributed by atoms with van der Waals surface area (Å²) in [6, 6.07) is 23.8. The molecule has 3 rings (SSSR count). The molecule has 0 aliphatic heterocycles. The first-order chi connectivity index (χ1) is 14.1. The lowest BCUT2D eigenvalue weighted by atomic mass is 9.90. The summed E-state index contributed by atoms with van der Waals surface area (Å²) in [6.45, 7) is 2.12. The van der Waals surface area contributed by atoms with E-state index in [0.29, 0.717) is 16.8 Å². The summed E-state index contributed by atoms with van der Waals surface area (Å²) in [6.07, 6.45) is 2.06. The SMILES string of the molecule is CCCc1ccc(C(=O)Nc2ccc(C(C(=O)NO)c3ccccc3)cc2)cc1. The van der Waals surface area contributed by atoms with E-state index in [1.807, 2.05) is 54.6 Å². The average molecular weight is 388 g/mol. The smallest absolute Gasteiger partial charge is 0.255 e. The molecule has 0 fully saturated rings. The molecule has 2 amide bonds. The Morgan fingerprint density at radius 1 is 0.862 bits per heavy atom. The third-order valence-corrected chi connectivity index (χ3v) is 4.76. The molecule has 1 atom stereocenters. The molecule has 5 heteroatoms. The van der Waals surface area contributed by atoms with Crippen molar-refractivity contribution in [1.82, 2.24) is 5.48 Å². The van der Waals surface area contributed by atoms with Crippen molar-refractivity contribution < 1.29 is 14.8 Å². The van der Waals surface area contributed by atoms with Gasteiger partial charge in [0.05, 0.1) is 5.92 Å². The molecule has 29 heavy (non-hydrogen) atoms. The number of nitrogens with one attached hydrogen (secondary N) is 2. The van der Waals surface area contributed by atoms with Crippen LogP contribution in [0.3, 0.4) is 0 Å².